The minimum atomic E-state index is -0.662. The third-order valence-corrected chi connectivity index (χ3v) is 3.11. The highest BCUT2D eigenvalue weighted by atomic mass is 16.6. The molecule has 0 atom stereocenters. The average molecular weight is 321 g/mol. The fourth-order valence-corrected chi connectivity index (χ4v) is 1.84. The summed E-state index contributed by atoms with van der Waals surface area (Å²) < 4.78 is 10.3. The molecule has 7 heteroatoms. The van der Waals surface area contributed by atoms with E-state index in [9.17, 15) is 9.59 Å². The van der Waals surface area contributed by atoms with Crippen LogP contribution in [0, 0.1) is 0 Å². The third kappa shape index (κ3) is 6.15. The lowest BCUT2D eigenvalue weighted by molar-refractivity contribution is 0.0473. The summed E-state index contributed by atoms with van der Waals surface area (Å²) in [6, 6.07) is 9.41. The number of ether oxygens (including phenoxy) is 2. The molecule has 1 aromatic carbocycles. The zero-order valence-corrected chi connectivity index (χ0v) is 13.6. The van der Waals surface area contributed by atoms with E-state index in [4.69, 9.17) is 9.47 Å². The number of benzene rings is 1. The van der Waals surface area contributed by atoms with Gasteiger partial charge in [-0.15, -0.1) is 0 Å². The van der Waals surface area contributed by atoms with Crippen molar-refractivity contribution in [2.75, 3.05) is 0 Å². The number of hydrogen-bond donors (Lipinski definition) is 3. The highest BCUT2D eigenvalue weighted by Crippen LogP contribution is 2.31. The molecule has 0 spiro atoms. The lowest BCUT2D eigenvalue weighted by atomic mass is 10.2. The van der Waals surface area contributed by atoms with Gasteiger partial charge in [-0.1, -0.05) is 30.3 Å². The van der Waals surface area contributed by atoms with Gasteiger partial charge in [0.2, 0.25) is 0 Å². The molecular weight excluding hydrogens is 298 g/mol. The van der Waals surface area contributed by atoms with Gasteiger partial charge in [0.1, 0.15) is 17.9 Å². The van der Waals surface area contributed by atoms with Crippen LogP contribution in [0.5, 0.6) is 0 Å². The van der Waals surface area contributed by atoms with E-state index in [1.807, 2.05) is 30.3 Å². The van der Waals surface area contributed by atoms with Crippen LogP contribution in [0.4, 0.5) is 9.59 Å². The Kier molecular flexibility index (Phi) is 5.10. The first-order chi connectivity index (χ1) is 10.8. The Morgan fingerprint density at radius 2 is 1.78 bits per heavy atom. The van der Waals surface area contributed by atoms with E-state index in [-0.39, 0.29) is 6.61 Å². The molecule has 0 aromatic heterocycles. The number of hydrogen-bond acceptors (Lipinski definition) is 5. The minimum absolute atomic E-state index is 0.197. The van der Waals surface area contributed by atoms with Crippen LogP contribution in [-0.2, 0) is 16.1 Å². The zero-order valence-electron chi connectivity index (χ0n) is 13.6. The molecule has 7 nitrogen and oxygen atoms in total. The van der Waals surface area contributed by atoms with Gasteiger partial charge in [-0.05, 0) is 39.2 Å². The van der Waals surface area contributed by atoms with E-state index >= 15 is 0 Å². The van der Waals surface area contributed by atoms with Crippen LogP contribution in [0.3, 0.4) is 0 Å². The van der Waals surface area contributed by atoms with Gasteiger partial charge in [-0.3, -0.25) is 5.43 Å². The molecule has 2 amide bonds. The molecule has 0 aliphatic heterocycles. The molecule has 0 saturated heterocycles. The van der Waals surface area contributed by atoms with Gasteiger partial charge in [0.05, 0.1) is 0 Å². The maximum Gasteiger partial charge on any atom is 0.422 e. The topological polar surface area (TPSA) is 88.7 Å². The fourth-order valence-electron chi connectivity index (χ4n) is 1.84. The number of alkyl carbamates (subject to hydrolysis) is 1. The van der Waals surface area contributed by atoms with Gasteiger partial charge in [-0.25, -0.2) is 15.0 Å². The predicted molar refractivity (Wildman–Crippen MR) is 84.2 cm³/mol. The Labute approximate surface area is 135 Å². The highest BCUT2D eigenvalue weighted by molar-refractivity contribution is 5.69. The molecule has 2 rings (SSSR count). The van der Waals surface area contributed by atoms with Gasteiger partial charge in [0.25, 0.3) is 0 Å². The molecule has 1 fully saturated rings. The second-order valence-electron chi connectivity index (χ2n) is 6.52. The van der Waals surface area contributed by atoms with Crippen molar-refractivity contribution in [2.45, 2.75) is 51.5 Å². The van der Waals surface area contributed by atoms with Gasteiger partial charge in [0.15, 0.2) is 0 Å². The Balaban J connectivity index is 1.71. The molecule has 23 heavy (non-hydrogen) atoms. The molecule has 1 aromatic rings. The van der Waals surface area contributed by atoms with Crippen molar-refractivity contribution >= 4 is 12.2 Å². The van der Waals surface area contributed by atoms with Gasteiger partial charge in [0, 0.05) is 0 Å². The normalized spacial score (nSPS) is 15.4. The van der Waals surface area contributed by atoms with E-state index in [1.165, 1.54) is 0 Å². The first kappa shape index (κ1) is 17.1. The molecule has 1 aliphatic rings. The number of hydrazine groups is 1. The SMILES string of the molecule is CC(C)(C)OC(=O)NNC1(NC(=O)OCc2ccccc2)CC1. The van der Waals surface area contributed by atoms with Crippen LogP contribution < -0.4 is 16.2 Å². The van der Waals surface area contributed by atoms with Crippen molar-refractivity contribution in [2.24, 2.45) is 0 Å². The molecule has 0 unspecified atom stereocenters. The van der Waals surface area contributed by atoms with Crippen LogP contribution in [0.15, 0.2) is 30.3 Å². The summed E-state index contributed by atoms with van der Waals surface area (Å²) in [7, 11) is 0. The van der Waals surface area contributed by atoms with E-state index in [0.29, 0.717) is 12.8 Å². The Morgan fingerprint density at radius 3 is 2.35 bits per heavy atom. The van der Waals surface area contributed by atoms with Crippen molar-refractivity contribution in [3.05, 3.63) is 35.9 Å². The maximum atomic E-state index is 11.8. The smallest absolute Gasteiger partial charge is 0.422 e. The number of amides is 2. The molecule has 0 radical (unpaired) electrons. The largest absolute Gasteiger partial charge is 0.445 e. The molecular formula is C16H23N3O4. The first-order valence-corrected chi connectivity index (χ1v) is 7.53. The van der Waals surface area contributed by atoms with Crippen LogP contribution >= 0.6 is 0 Å². The summed E-state index contributed by atoms with van der Waals surface area (Å²) >= 11 is 0. The van der Waals surface area contributed by atoms with Crippen LogP contribution in [0.25, 0.3) is 0 Å². The monoisotopic (exact) mass is 321 g/mol. The van der Waals surface area contributed by atoms with E-state index in [2.05, 4.69) is 16.2 Å². The predicted octanol–water partition coefficient (Wildman–Crippen LogP) is 2.43. The molecule has 126 valence electrons. The summed E-state index contributed by atoms with van der Waals surface area (Å²) in [5.41, 5.74) is 4.89. The number of rotatable bonds is 5. The Hall–Kier alpha value is -2.28. The number of carbonyl (C=O) groups is 2. The van der Waals surface area contributed by atoms with Gasteiger partial charge < -0.3 is 14.8 Å². The van der Waals surface area contributed by atoms with Crippen LogP contribution in [0.1, 0.15) is 39.2 Å². The first-order valence-electron chi connectivity index (χ1n) is 7.53. The van der Waals surface area contributed by atoms with E-state index in [1.54, 1.807) is 20.8 Å². The molecule has 0 bridgehead atoms. The standard InChI is InChI=1S/C16H23N3O4/c1-15(2,3)23-14(21)18-19-16(9-10-16)17-13(20)22-11-12-7-5-4-6-8-12/h4-8,19H,9-11H2,1-3H3,(H,17,20)(H,18,21). The van der Waals surface area contributed by atoms with E-state index in [0.717, 1.165) is 5.56 Å². The second-order valence-corrected chi connectivity index (χ2v) is 6.52. The summed E-state index contributed by atoms with van der Waals surface area (Å²) in [5.74, 6) is 0. The Morgan fingerprint density at radius 1 is 1.13 bits per heavy atom. The quantitative estimate of drug-likeness (QED) is 0.572. The lowest BCUT2D eigenvalue weighted by Crippen LogP contribution is -2.56. The van der Waals surface area contributed by atoms with Gasteiger partial charge in [-0.2, -0.15) is 0 Å². The third-order valence-electron chi connectivity index (χ3n) is 3.11. The lowest BCUT2D eigenvalue weighted by Gasteiger charge is -2.23. The van der Waals surface area contributed by atoms with Crippen molar-refractivity contribution in [1.29, 1.82) is 0 Å². The summed E-state index contributed by atoms with van der Waals surface area (Å²) in [5, 5.41) is 2.71. The highest BCUT2D eigenvalue weighted by Gasteiger charge is 2.45. The minimum Gasteiger partial charge on any atom is -0.445 e. The van der Waals surface area contributed by atoms with Crippen molar-refractivity contribution in [1.82, 2.24) is 16.2 Å². The zero-order chi connectivity index (χ0) is 16.9. The van der Waals surface area contributed by atoms with Gasteiger partial charge >= 0.3 is 12.2 Å². The summed E-state index contributed by atoms with van der Waals surface area (Å²) in [6.45, 7) is 5.53. The van der Waals surface area contributed by atoms with Crippen LogP contribution in [0.2, 0.25) is 0 Å². The number of carbonyl (C=O) groups excluding carboxylic acids is 2. The molecule has 1 saturated carbocycles. The van der Waals surface area contributed by atoms with Crippen molar-refractivity contribution < 1.29 is 19.1 Å². The molecule has 1 aliphatic carbocycles. The van der Waals surface area contributed by atoms with E-state index < -0.39 is 23.5 Å². The summed E-state index contributed by atoms with van der Waals surface area (Å²) in [6.07, 6.45) is 0.264. The fraction of sp³-hybridized carbons (Fsp3) is 0.500. The molecule has 3 N–H and O–H groups in total. The Bertz CT molecular complexity index is 550. The second kappa shape index (κ2) is 6.87. The average Bonchev–Trinajstić information content (AvgIpc) is 3.22. The van der Waals surface area contributed by atoms with Crippen molar-refractivity contribution in [3.8, 4) is 0 Å². The maximum absolute atomic E-state index is 11.8. The summed E-state index contributed by atoms with van der Waals surface area (Å²) in [4.78, 5) is 23.4. The molecule has 0 heterocycles. The van der Waals surface area contributed by atoms with Crippen LogP contribution in [-0.4, -0.2) is 23.5 Å². The van der Waals surface area contributed by atoms with Crippen molar-refractivity contribution in [3.63, 3.8) is 0 Å². The number of nitrogens with one attached hydrogen (secondary N) is 3.